The van der Waals surface area contributed by atoms with Crippen molar-refractivity contribution in [2.24, 2.45) is 0 Å². The molecule has 0 aliphatic carbocycles. The number of aromatic nitrogens is 2. The van der Waals surface area contributed by atoms with Crippen LogP contribution in [0.1, 0.15) is 12.8 Å². The molecule has 0 atom stereocenters. The molecular weight excluding hydrogens is 206 g/mol. The van der Waals surface area contributed by atoms with Crippen LogP contribution in [0.5, 0.6) is 0 Å². The van der Waals surface area contributed by atoms with Gasteiger partial charge in [-0.05, 0) is 6.42 Å². The number of carboxylic acids is 1. The average molecular weight is 216 g/mol. The Morgan fingerprint density at radius 2 is 2.36 bits per heavy atom. The minimum Gasteiger partial charge on any atom is -0.481 e. The maximum absolute atomic E-state index is 10.2. The molecule has 0 saturated carbocycles. The van der Waals surface area contributed by atoms with E-state index in [0.717, 1.165) is 0 Å². The summed E-state index contributed by atoms with van der Waals surface area (Å²) in [6.45, 7) is 0.555. The first kappa shape index (κ1) is 10.7. The van der Waals surface area contributed by atoms with Gasteiger partial charge in [0.2, 0.25) is 0 Å². The average Bonchev–Trinajstić information content (AvgIpc) is 2.12. The summed E-state index contributed by atoms with van der Waals surface area (Å²) in [6.07, 6.45) is 2.05. The second-order valence-corrected chi connectivity index (χ2v) is 3.04. The predicted molar refractivity (Wildman–Crippen MR) is 52.4 cm³/mol. The minimum absolute atomic E-state index is 0.145. The molecule has 0 unspecified atom stereocenters. The number of hydrogen-bond acceptors (Lipinski definition) is 4. The normalized spacial score (nSPS) is 9.79. The molecule has 2 N–H and O–H groups in total. The van der Waals surface area contributed by atoms with Crippen molar-refractivity contribution >= 4 is 23.4 Å². The third-order valence-electron chi connectivity index (χ3n) is 1.51. The molecule has 0 aliphatic rings. The molecule has 0 aliphatic heterocycles. The first-order valence-electron chi connectivity index (χ1n) is 4.11. The van der Waals surface area contributed by atoms with Gasteiger partial charge >= 0.3 is 5.97 Å². The number of rotatable bonds is 5. The zero-order valence-corrected chi connectivity index (χ0v) is 8.16. The van der Waals surface area contributed by atoms with Crippen molar-refractivity contribution in [1.82, 2.24) is 9.97 Å². The van der Waals surface area contributed by atoms with Gasteiger partial charge in [0, 0.05) is 19.0 Å². The molecule has 5 nitrogen and oxygen atoms in total. The van der Waals surface area contributed by atoms with Gasteiger partial charge in [-0.1, -0.05) is 11.6 Å². The summed E-state index contributed by atoms with van der Waals surface area (Å²) in [5.41, 5.74) is 0. The lowest BCUT2D eigenvalue weighted by atomic mass is 10.3. The molecule has 76 valence electrons. The van der Waals surface area contributed by atoms with Gasteiger partial charge in [-0.15, -0.1) is 0 Å². The lowest BCUT2D eigenvalue weighted by Crippen LogP contribution is -2.06. The highest BCUT2D eigenvalue weighted by Gasteiger charge is 1.98. The van der Waals surface area contributed by atoms with Crippen LogP contribution < -0.4 is 5.32 Å². The van der Waals surface area contributed by atoms with Crippen molar-refractivity contribution in [3.05, 3.63) is 17.5 Å². The summed E-state index contributed by atoms with van der Waals surface area (Å²) in [5, 5.41) is 11.7. The van der Waals surface area contributed by atoms with Crippen LogP contribution in [0.4, 0.5) is 5.82 Å². The second kappa shape index (κ2) is 5.39. The van der Waals surface area contributed by atoms with E-state index in [4.69, 9.17) is 16.7 Å². The maximum atomic E-state index is 10.2. The maximum Gasteiger partial charge on any atom is 0.303 e. The molecule has 1 rings (SSSR count). The molecule has 0 spiro atoms. The van der Waals surface area contributed by atoms with Crippen LogP contribution >= 0.6 is 11.6 Å². The van der Waals surface area contributed by atoms with Crippen molar-refractivity contribution in [2.45, 2.75) is 12.8 Å². The van der Waals surface area contributed by atoms with Crippen LogP contribution in [0.15, 0.2) is 12.4 Å². The van der Waals surface area contributed by atoms with Crippen molar-refractivity contribution in [3.63, 3.8) is 0 Å². The van der Waals surface area contributed by atoms with Gasteiger partial charge in [0.25, 0.3) is 0 Å². The second-order valence-electron chi connectivity index (χ2n) is 2.65. The monoisotopic (exact) mass is 215 g/mol. The van der Waals surface area contributed by atoms with Crippen molar-refractivity contribution in [3.8, 4) is 0 Å². The third-order valence-corrected chi connectivity index (χ3v) is 1.71. The fourth-order valence-electron chi connectivity index (χ4n) is 0.886. The molecule has 0 bridgehead atoms. The van der Waals surface area contributed by atoms with Crippen LogP contribution in [0.25, 0.3) is 0 Å². The van der Waals surface area contributed by atoms with Crippen LogP contribution in [-0.4, -0.2) is 27.6 Å². The Balaban J connectivity index is 2.28. The molecule has 1 aromatic heterocycles. The van der Waals surface area contributed by atoms with Crippen LogP contribution in [0.2, 0.25) is 5.15 Å². The van der Waals surface area contributed by atoms with Crippen LogP contribution in [-0.2, 0) is 4.79 Å². The summed E-state index contributed by atoms with van der Waals surface area (Å²) in [4.78, 5) is 17.8. The zero-order chi connectivity index (χ0) is 10.4. The standard InChI is InChI=1S/C8H10ClN3O2/c9-6-4-7(12-5-11-6)10-3-1-2-8(13)14/h4-5H,1-3H2,(H,13,14)(H,10,11,12). The molecule has 6 heteroatoms. The van der Waals surface area contributed by atoms with Crippen LogP contribution in [0.3, 0.4) is 0 Å². The Hall–Kier alpha value is -1.36. The molecule has 1 heterocycles. The predicted octanol–water partition coefficient (Wildman–Crippen LogP) is 1.41. The quantitative estimate of drug-likeness (QED) is 0.574. The van der Waals surface area contributed by atoms with Crippen molar-refractivity contribution < 1.29 is 9.90 Å². The summed E-state index contributed by atoms with van der Waals surface area (Å²) in [6, 6.07) is 1.59. The number of halogens is 1. The van der Waals surface area contributed by atoms with E-state index < -0.39 is 5.97 Å². The van der Waals surface area contributed by atoms with Crippen LogP contribution in [0, 0.1) is 0 Å². The Morgan fingerprint density at radius 1 is 1.57 bits per heavy atom. The fraction of sp³-hybridized carbons (Fsp3) is 0.375. The zero-order valence-electron chi connectivity index (χ0n) is 7.40. The first-order chi connectivity index (χ1) is 6.68. The van der Waals surface area contributed by atoms with E-state index in [-0.39, 0.29) is 6.42 Å². The SMILES string of the molecule is O=C(O)CCCNc1cc(Cl)ncn1. The Morgan fingerprint density at radius 3 is 3.00 bits per heavy atom. The summed E-state index contributed by atoms with van der Waals surface area (Å²) < 4.78 is 0. The Kier molecular flexibility index (Phi) is 4.12. The minimum atomic E-state index is -0.799. The third kappa shape index (κ3) is 4.04. The highest BCUT2D eigenvalue weighted by atomic mass is 35.5. The van der Waals surface area contributed by atoms with Gasteiger partial charge in [0.1, 0.15) is 17.3 Å². The topological polar surface area (TPSA) is 75.1 Å². The molecular formula is C8H10ClN3O2. The number of carbonyl (C=O) groups is 1. The molecule has 0 radical (unpaired) electrons. The largest absolute Gasteiger partial charge is 0.481 e. The van der Waals surface area contributed by atoms with Gasteiger partial charge in [-0.2, -0.15) is 0 Å². The molecule has 0 amide bonds. The van der Waals surface area contributed by atoms with E-state index >= 15 is 0 Å². The van der Waals surface area contributed by atoms with Gasteiger partial charge in [0.05, 0.1) is 0 Å². The summed E-state index contributed by atoms with van der Waals surface area (Å²) in [5.74, 6) is -0.192. The van der Waals surface area contributed by atoms with Crippen molar-refractivity contribution in [2.75, 3.05) is 11.9 Å². The lowest BCUT2D eigenvalue weighted by Gasteiger charge is -2.03. The number of anilines is 1. The molecule has 0 aromatic carbocycles. The van der Waals surface area contributed by atoms with E-state index in [2.05, 4.69) is 15.3 Å². The van der Waals surface area contributed by atoms with Gasteiger partial charge in [-0.25, -0.2) is 9.97 Å². The van der Waals surface area contributed by atoms with Crippen molar-refractivity contribution in [1.29, 1.82) is 0 Å². The van der Waals surface area contributed by atoms with E-state index in [1.54, 1.807) is 6.07 Å². The number of nitrogens with zero attached hydrogens (tertiary/aromatic N) is 2. The first-order valence-corrected chi connectivity index (χ1v) is 4.49. The molecule has 0 saturated heterocycles. The van der Waals surface area contributed by atoms with E-state index in [1.165, 1.54) is 6.33 Å². The van der Waals surface area contributed by atoms with E-state index in [0.29, 0.717) is 23.9 Å². The van der Waals surface area contributed by atoms with E-state index in [9.17, 15) is 4.79 Å². The molecule has 1 aromatic rings. The number of carboxylic acid groups (broad SMARTS) is 1. The molecule has 14 heavy (non-hydrogen) atoms. The summed E-state index contributed by atoms with van der Waals surface area (Å²) >= 11 is 5.62. The number of nitrogens with one attached hydrogen (secondary N) is 1. The van der Waals surface area contributed by atoms with Gasteiger partial charge in [-0.3, -0.25) is 4.79 Å². The number of hydrogen-bond donors (Lipinski definition) is 2. The Labute approximate surface area is 86.1 Å². The van der Waals surface area contributed by atoms with E-state index in [1.807, 2.05) is 0 Å². The number of aliphatic carboxylic acids is 1. The van der Waals surface area contributed by atoms with Gasteiger partial charge in [0.15, 0.2) is 0 Å². The lowest BCUT2D eigenvalue weighted by molar-refractivity contribution is -0.137. The highest BCUT2D eigenvalue weighted by molar-refractivity contribution is 6.29. The smallest absolute Gasteiger partial charge is 0.303 e. The Bertz CT molecular complexity index is 319. The molecule has 0 fully saturated rings. The summed E-state index contributed by atoms with van der Waals surface area (Å²) in [7, 11) is 0. The highest BCUT2D eigenvalue weighted by Crippen LogP contribution is 2.08. The van der Waals surface area contributed by atoms with Gasteiger partial charge < -0.3 is 10.4 Å². The fourth-order valence-corrected chi connectivity index (χ4v) is 1.03.